The first-order valence-electron chi connectivity index (χ1n) is 8.27. The van der Waals surface area contributed by atoms with Crippen molar-refractivity contribution in [3.8, 4) is 5.75 Å². The van der Waals surface area contributed by atoms with Crippen molar-refractivity contribution < 1.29 is 9.53 Å². The minimum atomic E-state index is -0.561. The number of nitrogens with one attached hydrogen (secondary N) is 1. The molecule has 3 rings (SSSR count). The number of hydrogen-bond acceptors (Lipinski definition) is 5. The minimum absolute atomic E-state index is 0.561. The Morgan fingerprint density at radius 3 is 2.83 bits per heavy atom. The van der Waals surface area contributed by atoms with Crippen LogP contribution in [0.25, 0.3) is 0 Å². The van der Waals surface area contributed by atoms with Crippen LogP contribution in [-0.2, 0) is 18.3 Å². The number of carbonyl (C=O) groups excluding carboxylic acids is 1. The number of aldehydes is 1. The highest BCUT2D eigenvalue weighted by atomic mass is 16.5. The van der Waals surface area contributed by atoms with E-state index in [1.807, 2.05) is 38.2 Å². The second-order valence-electron chi connectivity index (χ2n) is 5.69. The predicted molar refractivity (Wildman–Crippen MR) is 93.8 cm³/mol. The van der Waals surface area contributed by atoms with E-state index < -0.39 is 6.04 Å². The van der Waals surface area contributed by atoms with Crippen LogP contribution in [0.15, 0.2) is 29.3 Å². The number of amidine groups is 1. The van der Waals surface area contributed by atoms with E-state index in [4.69, 9.17) is 4.74 Å². The molecule has 24 heavy (non-hydrogen) atoms. The lowest BCUT2D eigenvalue weighted by Gasteiger charge is -2.22. The van der Waals surface area contributed by atoms with Crippen molar-refractivity contribution in [2.75, 3.05) is 11.9 Å². The van der Waals surface area contributed by atoms with Crippen molar-refractivity contribution in [3.63, 3.8) is 0 Å². The van der Waals surface area contributed by atoms with Gasteiger partial charge in [-0.3, -0.25) is 9.67 Å². The van der Waals surface area contributed by atoms with Crippen LogP contribution in [0.4, 0.5) is 5.69 Å². The maximum absolute atomic E-state index is 11.6. The average molecular weight is 326 g/mol. The van der Waals surface area contributed by atoms with E-state index >= 15 is 0 Å². The molecule has 0 spiro atoms. The molecular formula is C18H22N4O2. The smallest absolute Gasteiger partial charge is 0.151 e. The van der Waals surface area contributed by atoms with Gasteiger partial charge in [-0.15, -0.1) is 0 Å². The first kappa shape index (κ1) is 16.2. The number of aromatic nitrogens is 2. The Labute approximate surface area is 141 Å². The number of aliphatic imine (C=N–C) groups is 1. The SMILES string of the molecule is CCCc1nn(C)c2c1NC(c1ccccc1OCC)=NC2C=O. The molecule has 1 aliphatic rings. The van der Waals surface area contributed by atoms with Crippen LogP contribution in [0.5, 0.6) is 5.75 Å². The third-order valence-electron chi connectivity index (χ3n) is 4.01. The third-order valence-corrected chi connectivity index (χ3v) is 4.01. The molecule has 126 valence electrons. The van der Waals surface area contributed by atoms with Crippen LogP contribution in [0.2, 0.25) is 0 Å². The lowest BCUT2D eigenvalue weighted by atomic mass is 10.1. The van der Waals surface area contributed by atoms with Gasteiger partial charge in [-0.2, -0.15) is 5.10 Å². The molecule has 1 unspecified atom stereocenters. The summed E-state index contributed by atoms with van der Waals surface area (Å²) in [6, 6.07) is 7.15. The zero-order chi connectivity index (χ0) is 17.1. The number of hydrogen-bond donors (Lipinski definition) is 1. The summed E-state index contributed by atoms with van der Waals surface area (Å²) in [5, 5.41) is 7.94. The summed E-state index contributed by atoms with van der Waals surface area (Å²) in [6.45, 7) is 4.63. The summed E-state index contributed by atoms with van der Waals surface area (Å²) in [7, 11) is 1.85. The molecule has 6 heteroatoms. The van der Waals surface area contributed by atoms with Gasteiger partial charge in [0, 0.05) is 7.05 Å². The fourth-order valence-corrected chi connectivity index (χ4v) is 3.01. The molecule has 0 saturated carbocycles. The van der Waals surface area contributed by atoms with Crippen molar-refractivity contribution in [2.45, 2.75) is 32.7 Å². The first-order valence-corrected chi connectivity index (χ1v) is 8.27. The number of aryl methyl sites for hydroxylation is 2. The van der Waals surface area contributed by atoms with Gasteiger partial charge in [0.1, 0.15) is 11.6 Å². The van der Waals surface area contributed by atoms with Gasteiger partial charge in [-0.05, 0) is 25.5 Å². The Bertz CT molecular complexity index is 779. The van der Waals surface area contributed by atoms with Crippen LogP contribution in [-0.4, -0.2) is 28.5 Å². The number of ether oxygens (including phenoxy) is 1. The molecule has 0 fully saturated rings. The zero-order valence-electron chi connectivity index (χ0n) is 14.2. The van der Waals surface area contributed by atoms with E-state index in [9.17, 15) is 4.79 Å². The molecule has 2 aromatic rings. The highest BCUT2D eigenvalue weighted by Gasteiger charge is 2.29. The van der Waals surface area contributed by atoms with Crippen molar-refractivity contribution in [1.29, 1.82) is 0 Å². The molecular weight excluding hydrogens is 304 g/mol. The van der Waals surface area contributed by atoms with Gasteiger partial charge in [0.15, 0.2) is 12.3 Å². The van der Waals surface area contributed by atoms with Gasteiger partial charge in [-0.1, -0.05) is 25.5 Å². The summed E-state index contributed by atoms with van der Waals surface area (Å²) in [5.74, 6) is 1.40. The molecule has 0 aliphatic carbocycles. The molecule has 1 atom stereocenters. The molecule has 1 aromatic carbocycles. The van der Waals surface area contributed by atoms with Gasteiger partial charge < -0.3 is 14.8 Å². The fourth-order valence-electron chi connectivity index (χ4n) is 3.01. The first-order chi connectivity index (χ1) is 11.7. The van der Waals surface area contributed by atoms with Gasteiger partial charge in [0.25, 0.3) is 0 Å². The molecule has 0 bridgehead atoms. The highest BCUT2D eigenvalue weighted by molar-refractivity contribution is 6.12. The van der Waals surface area contributed by atoms with Gasteiger partial charge in [-0.25, -0.2) is 0 Å². The van der Waals surface area contributed by atoms with Crippen LogP contribution in [0.3, 0.4) is 0 Å². The second kappa shape index (κ2) is 6.86. The van der Waals surface area contributed by atoms with Crippen LogP contribution >= 0.6 is 0 Å². The third kappa shape index (κ3) is 2.79. The van der Waals surface area contributed by atoms with Crippen LogP contribution < -0.4 is 10.1 Å². The average Bonchev–Trinajstić information content (AvgIpc) is 2.91. The summed E-state index contributed by atoms with van der Waals surface area (Å²) in [5.41, 5.74) is 3.52. The Morgan fingerprint density at radius 1 is 1.33 bits per heavy atom. The van der Waals surface area contributed by atoms with E-state index in [1.54, 1.807) is 4.68 Å². The Morgan fingerprint density at radius 2 is 2.12 bits per heavy atom. The van der Waals surface area contributed by atoms with Crippen LogP contribution in [0, 0.1) is 0 Å². The molecule has 2 heterocycles. The standard InChI is InChI=1S/C18H22N4O2/c1-4-8-13-16-17(22(3)21-13)14(11-23)19-18(20-16)12-9-6-7-10-15(12)24-5-2/h6-7,9-11,14H,4-5,8H2,1-3H3,(H,19,20). The summed E-state index contributed by atoms with van der Waals surface area (Å²) >= 11 is 0. The molecule has 1 aliphatic heterocycles. The summed E-state index contributed by atoms with van der Waals surface area (Å²) in [6.07, 6.45) is 2.70. The molecule has 1 N–H and O–H groups in total. The van der Waals surface area contributed by atoms with Crippen molar-refractivity contribution in [1.82, 2.24) is 9.78 Å². The number of para-hydroxylation sites is 1. The van der Waals surface area contributed by atoms with Gasteiger partial charge in [0.2, 0.25) is 0 Å². The number of fused-ring (bicyclic) bond motifs is 1. The van der Waals surface area contributed by atoms with Crippen molar-refractivity contribution >= 4 is 17.8 Å². The highest BCUT2D eigenvalue weighted by Crippen LogP contribution is 2.34. The number of rotatable bonds is 6. The van der Waals surface area contributed by atoms with Gasteiger partial charge in [0.05, 0.1) is 29.2 Å². The molecule has 0 amide bonds. The Kier molecular flexibility index (Phi) is 4.64. The molecule has 0 saturated heterocycles. The van der Waals surface area contributed by atoms with Crippen LogP contribution in [0.1, 0.15) is 43.3 Å². The minimum Gasteiger partial charge on any atom is -0.493 e. The normalized spacial score (nSPS) is 16.1. The molecule has 0 radical (unpaired) electrons. The predicted octanol–water partition coefficient (Wildman–Crippen LogP) is 2.88. The Hall–Kier alpha value is -2.63. The Balaban J connectivity index is 2.07. The lowest BCUT2D eigenvalue weighted by molar-refractivity contribution is -0.109. The summed E-state index contributed by atoms with van der Waals surface area (Å²) in [4.78, 5) is 16.2. The van der Waals surface area contributed by atoms with E-state index in [1.165, 1.54) is 0 Å². The second-order valence-corrected chi connectivity index (χ2v) is 5.69. The zero-order valence-corrected chi connectivity index (χ0v) is 14.2. The van der Waals surface area contributed by atoms with Gasteiger partial charge >= 0.3 is 0 Å². The van der Waals surface area contributed by atoms with Crippen molar-refractivity contribution in [3.05, 3.63) is 41.2 Å². The topological polar surface area (TPSA) is 68.5 Å². The van der Waals surface area contributed by atoms with E-state index in [0.717, 1.165) is 47.5 Å². The summed E-state index contributed by atoms with van der Waals surface area (Å²) < 4.78 is 7.45. The number of anilines is 1. The maximum Gasteiger partial charge on any atom is 0.151 e. The lowest BCUT2D eigenvalue weighted by Crippen LogP contribution is -2.24. The maximum atomic E-state index is 11.6. The number of carbonyl (C=O) groups is 1. The number of benzene rings is 1. The van der Waals surface area contributed by atoms with E-state index in [-0.39, 0.29) is 0 Å². The van der Waals surface area contributed by atoms with Crippen molar-refractivity contribution in [2.24, 2.45) is 12.0 Å². The molecule has 1 aromatic heterocycles. The van der Waals surface area contributed by atoms with E-state index in [0.29, 0.717) is 12.4 Å². The van der Waals surface area contributed by atoms with E-state index in [2.05, 4.69) is 22.3 Å². The molecule has 6 nitrogen and oxygen atoms in total. The monoisotopic (exact) mass is 326 g/mol. The fraction of sp³-hybridized carbons (Fsp3) is 0.389. The largest absolute Gasteiger partial charge is 0.493 e. The quantitative estimate of drug-likeness (QED) is 0.829. The number of nitrogens with zero attached hydrogens (tertiary/aromatic N) is 3.